The summed E-state index contributed by atoms with van der Waals surface area (Å²) in [6.07, 6.45) is 0.846. The topological polar surface area (TPSA) is 60.7 Å². The summed E-state index contributed by atoms with van der Waals surface area (Å²) < 4.78 is 0. The molecule has 0 unspecified atom stereocenters. The number of aromatic nitrogens is 2. The second kappa shape index (κ2) is 4.65. The molecule has 2 aromatic carbocycles. The maximum absolute atomic E-state index is 11.2. The van der Waals surface area contributed by atoms with Gasteiger partial charge in [0.25, 0.3) is 0 Å². The van der Waals surface area contributed by atoms with E-state index >= 15 is 0 Å². The number of nitrogens with one attached hydrogen (secondary N) is 3. The third-order valence-electron chi connectivity index (χ3n) is 3.20. The van der Waals surface area contributed by atoms with Crippen LogP contribution in [0.25, 0.3) is 11.0 Å². The lowest BCUT2D eigenvalue weighted by molar-refractivity contribution is 1.19. The Hall–Kier alpha value is -2.49. The minimum Gasteiger partial charge on any atom is -0.388 e. The monoisotopic (exact) mass is 253 g/mol. The molecule has 0 radical (unpaired) electrons. The molecule has 0 amide bonds. The van der Waals surface area contributed by atoms with Crippen molar-refractivity contribution in [1.82, 2.24) is 9.97 Å². The second-order valence-electron chi connectivity index (χ2n) is 4.59. The average molecular weight is 253 g/mol. The minimum atomic E-state index is -0.163. The largest absolute Gasteiger partial charge is 0.388 e. The van der Waals surface area contributed by atoms with E-state index in [1.54, 1.807) is 0 Å². The fourth-order valence-electron chi connectivity index (χ4n) is 2.26. The van der Waals surface area contributed by atoms with Gasteiger partial charge >= 0.3 is 5.69 Å². The SMILES string of the molecule is CNc1cccc(Cc2ccc3[nH]c(=O)[nH]c3c2)c1. The van der Waals surface area contributed by atoms with Crippen LogP contribution in [-0.2, 0) is 6.42 Å². The van der Waals surface area contributed by atoms with Crippen molar-refractivity contribution in [3.8, 4) is 0 Å². The van der Waals surface area contributed by atoms with Crippen LogP contribution in [0.1, 0.15) is 11.1 Å². The summed E-state index contributed by atoms with van der Waals surface area (Å²) in [7, 11) is 1.91. The van der Waals surface area contributed by atoms with Crippen LogP contribution >= 0.6 is 0 Å². The number of imidazole rings is 1. The number of hydrogen-bond donors (Lipinski definition) is 3. The Morgan fingerprint density at radius 2 is 1.79 bits per heavy atom. The van der Waals surface area contributed by atoms with Gasteiger partial charge in [0, 0.05) is 12.7 Å². The smallest absolute Gasteiger partial charge is 0.323 e. The molecule has 1 aromatic heterocycles. The zero-order valence-corrected chi connectivity index (χ0v) is 10.7. The molecule has 1 heterocycles. The lowest BCUT2D eigenvalue weighted by atomic mass is 10.0. The van der Waals surface area contributed by atoms with Gasteiger partial charge in [-0.3, -0.25) is 0 Å². The van der Waals surface area contributed by atoms with Crippen molar-refractivity contribution >= 4 is 16.7 Å². The van der Waals surface area contributed by atoms with E-state index in [1.807, 2.05) is 37.4 Å². The summed E-state index contributed by atoms with van der Waals surface area (Å²) in [5.74, 6) is 0. The summed E-state index contributed by atoms with van der Waals surface area (Å²) in [4.78, 5) is 16.8. The summed E-state index contributed by atoms with van der Waals surface area (Å²) in [5.41, 5.74) is 5.06. The summed E-state index contributed by atoms with van der Waals surface area (Å²) in [6.45, 7) is 0. The van der Waals surface area contributed by atoms with Crippen molar-refractivity contribution in [3.05, 3.63) is 64.1 Å². The molecule has 19 heavy (non-hydrogen) atoms. The van der Waals surface area contributed by atoms with Crippen LogP contribution in [0.2, 0.25) is 0 Å². The zero-order chi connectivity index (χ0) is 13.2. The fraction of sp³-hybridized carbons (Fsp3) is 0.133. The Bertz CT molecular complexity index is 770. The molecule has 0 saturated carbocycles. The van der Waals surface area contributed by atoms with E-state index in [4.69, 9.17) is 0 Å². The van der Waals surface area contributed by atoms with Crippen LogP contribution in [0.5, 0.6) is 0 Å². The van der Waals surface area contributed by atoms with Crippen LogP contribution in [0, 0.1) is 0 Å². The van der Waals surface area contributed by atoms with E-state index < -0.39 is 0 Å². The highest BCUT2D eigenvalue weighted by Crippen LogP contribution is 2.16. The van der Waals surface area contributed by atoms with Crippen LogP contribution in [0.4, 0.5) is 5.69 Å². The normalized spacial score (nSPS) is 10.8. The van der Waals surface area contributed by atoms with E-state index in [0.29, 0.717) is 0 Å². The predicted molar refractivity (Wildman–Crippen MR) is 77.7 cm³/mol. The number of benzene rings is 2. The quantitative estimate of drug-likeness (QED) is 0.671. The van der Waals surface area contributed by atoms with Crippen LogP contribution < -0.4 is 11.0 Å². The zero-order valence-electron chi connectivity index (χ0n) is 10.7. The van der Waals surface area contributed by atoms with Gasteiger partial charge in [-0.15, -0.1) is 0 Å². The minimum absolute atomic E-state index is 0.163. The molecule has 4 heteroatoms. The van der Waals surface area contributed by atoms with E-state index in [1.165, 1.54) is 11.1 Å². The first-order valence-electron chi connectivity index (χ1n) is 6.22. The Morgan fingerprint density at radius 1 is 1.00 bits per heavy atom. The van der Waals surface area contributed by atoms with Gasteiger partial charge < -0.3 is 15.3 Å². The van der Waals surface area contributed by atoms with Crippen molar-refractivity contribution in [1.29, 1.82) is 0 Å². The van der Waals surface area contributed by atoms with Gasteiger partial charge in [0.1, 0.15) is 0 Å². The molecule has 3 N–H and O–H groups in total. The Morgan fingerprint density at radius 3 is 2.63 bits per heavy atom. The van der Waals surface area contributed by atoms with Crippen molar-refractivity contribution < 1.29 is 0 Å². The first kappa shape index (κ1) is 11.6. The maximum atomic E-state index is 11.2. The number of H-pyrrole nitrogens is 2. The number of hydrogen-bond acceptors (Lipinski definition) is 2. The highest BCUT2D eigenvalue weighted by atomic mass is 16.1. The molecule has 0 spiro atoms. The molecular weight excluding hydrogens is 238 g/mol. The van der Waals surface area contributed by atoms with Crippen molar-refractivity contribution in [2.24, 2.45) is 0 Å². The number of anilines is 1. The molecule has 3 rings (SSSR count). The van der Waals surface area contributed by atoms with Gasteiger partial charge in [-0.25, -0.2) is 4.79 Å². The van der Waals surface area contributed by atoms with E-state index in [-0.39, 0.29) is 5.69 Å². The summed E-state index contributed by atoms with van der Waals surface area (Å²) >= 11 is 0. The molecule has 0 aliphatic rings. The molecule has 4 nitrogen and oxygen atoms in total. The van der Waals surface area contributed by atoms with E-state index in [0.717, 1.165) is 23.1 Å². The molecular formula is C15H15N3O. The van der Waals surface area contributed by atoms with Crippen LogP contribution in [0.3, 0.4) is 0 Å². The molecule has 0 aliphatic carbocycles. The Labute approximate surface area is 110 Å². The molecule has 96 valence electrons. The van der Waals surface area contributed by atoms with Gasteiger partial charge in [0.15, 0.2) is 0 Å². The average Bonchev–Trinajstić information content (AvgIpc) is 2.78. The predicted octanol–water partition coefficient (Wildman–Crippen LogP) is 2.49. The Kier molecular flexibility index (Phi) is 2.83. The fourth-order valence-corrected chi connectivity index (χ4v) is 2.26. The molecule has 0 saturated heterocycles. The van der Waals surface area contributed by atoms with Gasteiger partial charge in [-0.05, 0) is 41.8 Å². The van der Waals surface area contributed by atoms with E-state index in [9.17, 15) is 4.79 Å². The molecule has 0 fully saturated rings. The third-order valence-corrected chi connectivity index (χ3v) is 3.20. The third kappa shape index (κ3) is 2.38. The van der Waals surface area contributed by atoms with Gasteiger partial charge in [-0.1, -0.05) is 18.2 Å². The first-order chi connectivity index (χ1) is 9.24. The van der Waals surface area contributed by atoms with Gasteiger partial charge in [-0.2, -0.15) is 0 Å². The molecule has 0 aliphatic heterocycles. The van der Waals surface area contributed by atoms with Crippen molar-refractivity contribution in [2.45, 2.75) is 6.42 Å². The first-order valence-corrected chi connectivity index (χ1v) is 6.22. The Balaban J connectivity index is 1.93. The van der Waals surface area contributed by atoms with Crippen LogP contribution in [0.15, 0.2) is 47.3 Å². The lowest BCUT2D eigenvalue weighted by Crippen LogP contribution is -1.99. The maximum Gasteiger partial charge on any atom is 0.323 e. The summed E-state index contributed by atoms with van der Waals surface area (Å²) in [5, 5.41) is 3.13. The van der Waals surface area contributed by atoms with E-state index in [2.05, 4.69) is 27.4 Å². The lowest BCUT2D eigenvalue weighted by Gasteiger charge is -2.05. The van der Waals surface area contributed by atoms with Crippen LogP contribution in [-0.4, -0.2) is 17.0 Å². The highest BCUT2D eigenvalue weighted by molar-refractivity contribution is 5.75. The van der Waals surface area contributed by atoms with Crippen molar-refractivity contribution in [3.63, 3.8) is 0 Å². The second-order valence-corrected chi connectivity index (χ2v) is 4.59. The van der Waals surface area contributed by atoms with Crippen molar-refractivity contribution in [2.75, 3.05) is 12.4 Å². The number of fused-ring (bicyclic) bond motifs is 1. The van der Waals surface area contributed by atoms with Gasteiger partial charge in [0.2, 0.25) is 0 Å². The highest BCUT2D eigenvalue weighted by Gasteiger charge is 2.02. The number of aromatic amines is 2. The number of rotatable bonds is 3. The summed E-state index contributed by atoms with van der Waals surface area (Å²) in [6, 6.07) is 14.3. The van der Waals surface area contributed by atoms with Gasteiger partial charge in [0.05, 0.1) is 11.0 Å². The molecule has 3 aromatic rings. The molecule has 0 bridgehead atoms. The molecule has 0 atom stereocenters. The standard InChI is InChI=1S/C15H15N3O/c1-16-12-4-2-3-10(8-12)7-11-5-6-13-14(9-11)18-15(19)17-13/h2-6,8-9,16H,7H2,1H3,(H2,17,18,19).